The second kappa shape index (κ2) is 7.55. The van der Waals surface area contributed by atoms with Gasteiger partial charge in [-0.2, -0.15) is 9.29 Å². The predicted molar refractivity (Wildman–Crippen MR) is 98.3 cm³/mol. The molecular weight excluding hydrogens is 357 g/mol. The van der Waals surface area contributed by atoms with Gasteiger partial charge in [-0.25, -0.2) is 17.8 Å². The maximum Gasteiger partial charge on any atom is 0.246 e. The van der Waals surface area contributed by atoms with Crippen LogP contribution in [0.4, 0.5) is 16.2 Å². The maximum atomic E-state index is 13.9. The van der Waals surface area contributed by atoms with Crippen LogP contribution in [-0.2, 0) is 10.0 Å². The van der Waals surface area contributed by atoms with Crippen molar-refractivity contribution in [3.63, 3.8) is 0 Å². The molecule has 0 saturated carbocycles. The summed E-state index contributed by atoms with van der Waals surface area (Å²) < 4.78 is 40.6. The van der Waals surface area contributed by atoms with Gasteiger partial charge in [-0.1, -0.05) is 12.1 Å². The first-order valence-electron chi connectivity index (χ1n) is 8.51. The third-order valence-corrected chi connectivity index (χ3v) is 6.12. The van der Waals surface area contributed by atoms with Gasteiger partial charge in [-0.05, 0) is 26.0 Å². The number of aromatic nitrogens is 2. The SMILES string of the molecule is CCNc1nc(C)cc(N2CCN(S(=O)(=O)c3ccccc3F)CC2)n1. The van der Waals surface area contributed by atoms with Gasteiger partial charge < -0.3 is 10.2 Å². The highest BCUT2D eigenvalue weighted by Gasteiger charge is 2.30. The molecule has 140 valence electrons. The third kappa shape index (κ3) is 3.78. The summed E-state index contributed by atoms with van der Waals surface area (Å²) in [5.41, 5.74) is 0.840. The zero-order valence-corrected chi connectivity index (χ0v) is 15.6. The van der Waals surface area contributed by atoms with Crippen LogP contribution in [-0.4, -0.2) is 55.4 Å². The van der Waals surface area contributed by atoms with Crippen LogP contribution >= 0.6 is 0 Å². The zero-order chi connectivity index (χ0) is 18.7. The van der Waals surface area contributed by atoms with E-state index in [1.807, 2.05) is 24.8 Å². The molecule has 3 rings (SSSR count). The second-order valence-electron chi connectivity index (χ2n) is 6.04. The number of aryl methyl sites for hydroxylation is 1. The highest BCUT2D eigenvalue weighted by Crippen LogP contribution is 2.22. The van der Waals surface area contributed by atoms with Crippen molar-refractivity contribution in [2.75, 3.05) is 42.9 Å². The number of rotatable bonds is 5. The van der Waals surface area contributed by atoms with E-state index in [4.69, 9.17) is 0 Å². The van der Waals surface area contributed by atoms with E-state index < -0.39 is 15.8 Å². The topological polar surface area (TPSA) is 78.4 Å². The average molecular weight is 379 g/mol. The summed E-state index contributed by atoms with van der Waals surface area (Å²) in [6.45, 7) is 6.10. The monoisotopic (exact) mass is 379 g/mol. The minimum absolute atomic E-state index is 0.274. The van der Waals surface area contributed by atoms with Crippen molar-refractivity contribution in [1.82, 2.24) is 14.3 Å². The molecule has 2 heterocycles. The molecule has 0 atom stereocenters. The molecule has 1 fully saturated rings. The molecule has 0 radical (unpaired) electrons. The number of hydrogen-bond acceptors (Lipinski definition) is 6. The van der Waals surface area contributed by atoms with Gasteiger partial charge in [-0.3, -0.25) is 0 Å². The van der Waals surface area contributed by atoms with E-state index in [1.54, 1.807) is 0 Å². The number of halogens is 1. The van der Waals surface area contributed by atoms with E-state index in [2.05, 4.69) is 15.3 Å². The Morgan fingerprint density at radius 2 is 1.85 bits per heavy atom. The lowest BCUT2D eigenvalue weighted by Crippen LogP contribution is -2.49. The summed E-state index contributed by atoms with van der Waals surface area (Å²) in [6, 6.07) is 7.34. The van der Waals surface area contributed by atoms with Crippen LogP contribution in [0.3, 0.4) is 0 Å². The van der Waals surface area contributed by atoms with Crippen molar-refractivity contribution < 1.29 is 12.8 Å². The Kier molecular flexibility index (Phi) is 5.38. The van der Waals surface area contributed by atoms with Gasteiger partial charge in [0.25, 0.3) is 0 Å². The normalized spacial score (nSPS) is 15.9. The molecular formula is C17H22FN5O2S. The molecule has 0 bridgehead atoms. The second-order valence-corrected chi connectivity index (χ2v) is 7.95. The smallest absolute Gasteiger partial charge is 0.246 e. The van der Waals surface area contributed by atoms with Crippen molar-refractivity contribution >= 4 is 21.8 Å². The molecule has 1 aromatic carbocycles. The van der Waals surface area contributed by atoms with Gasteiger partial charge in [0.15, 0.2) is 0 Å². The Hall–Kier alpha value is -2.26. The van der Waals surface area contributed by atoms with Crippen LogP contribution in [0.2, 0.25) is 0 Å². The molecule has 1 aromatic heterocycles. The van der Waals surface area contributed by atoms with Gasteiger partial charge in [-0.15, -0.1) is 0 Å². The maximum absolute atomic E-state index is 13.9. The fraction of sp³-hybridized carbons (Fsp3) is 0.412. The van der Waals surface area contributed by atoms with Crippen LogP contribution in [0.5, 0.6) is 0 Å². The Morgan fingerprint density at radius 1 is 1.15 bits per heavy atom. The van der Waals surface area contributed by atoms with E-state index in [1.165, 1.54) is 22.5 Å². The fourth-order valence-corrected chi connectivity index (χ4v) is 4.39. The number of benzene rings is 1. The molecule has 26 heavy (non-hydrogen) atoms. The molecule has 1 N–H and O–H groups in total. The summed E-state index contributed by atoms with van der Waals surface area (Å²) in [4.78, 5) is 10.5. The molecule has 2 aromatic rings. The minimum Gasteiger partial charge on any atom is -0.354 e. The predicted octanol–water partition coefficient (Wildman–Crippen LogP) is 1.87. The van der Waals surface area contributed by atoms with Crippen LogP contribution in [0, 0.1) is 12.7 Å². The molecule has 1 aliphatic heterocycles. The van der Waals surface area contributed by atoms with E-state index in [0.29, 0.717) is 19.0 Å². The Labute approximate surface area is 152 Å². The summed E-state index contributed by atoms with van der Waals surface area (Å²) in [5.74, 6) is 0.594. The number of nitrogens with zero attached hydrogens (tertiary/aromatic N) is 4. The van der Waals surface area contributed by atoms with Crippen LogP contribution in [0.1, 0.15) is 12.6 Å². The van der Waals surface area contributed by atoms with Crippen molar-refractivity contribution in [3.8, 4) is 0 Å². The summed E-state index contributed by atoms with van der Waals surface area (Å²) in [7, 11) is -3.84. The number of piperazine rings is 1. The van der Waals surface area contributed by atoms with Crippen molar-refractivity contribution in [2.45, 2.75) is 18.7 Å². The Balaban J connectivity index is 1.74. The quantitative estimate of drug-likeness (QED) is 0.854. The molecule has 0 unspecified atom stereocenters. The lowest BCUT2D eigenvalue weighted by molar-refractivity contribution is 0.381. The number of anilines is 2. The summed E-state index contributed by atoms with van der Waals surface area (Å²) >= 11 is 0. The van der Waals surface area contributed by atoms with Crippen molar-refractivity contribution in [3.05, 3.63) is 41.8 Å². The van der Waals surface area contributed by atoms with Gasteiger partial charge in [0, 0.05) is 44.5 Å². The molecule has 1 aliphatic rings. The van der Waals surface area contributed by atoms with E-state index in [-0.39, 0.29) is 18.0 Å². The van der Waals surface area contributed by atoms with Crippen molar-refractivity contribution in [2.24, 2.45) is 0 Å². The van der Waals surface area contributed by atoms with Crippen LogP contribution < -0.4 is 10.2 Å². The highest BCUT2D eigenvalue weighted by molar-refractivity contribution is 7.89. The standard InChI is InChI=1S/C17H22FN5O2S/c1-3-19-17-20-13(2)12-16(21-17)22-8-10-23(11-9-22)26(24,25)15-7-5-4-6-14(15)18/h4-7,12H,3,8-11H2,1-2H3,(H,19,20,21). The Bertz CT molecular complexity index is 882. The van der Waals surface area contributed by atoms with Crippen molar-refractivity contribution in [1.29, 1.82) is 0 Å². The van der Waals surface area contributed by atoms with E-state index >= 15 is 0 Å². The van der Waals surface area contributed by atoms with Crippen LogP contribution in [0.25, 0.3) is 0 Å². The Morgan fingerprint density at radius 3 is 2.50 bits per heavy atom. The lowest BCUT2D eigenvalue weighted by atomic mass is 10.3. The molecule has 0 amide bonds. The molecule has 1 saturated heterocycles. The minimum atomic E-state index is -3.84. The van der Waals surface area contributed by atoms with Crippen LogP contribution in [0.15, 0.2) is 35.2 Å². The van der Waals surface area contributed by atoms with E-state index in [9.17, 15) is 12.8 Å². The van der Waals surface area contributed by atoms with Gasteiger partial charge >= 0.3 is 0 Å². The molecule has 0 spiro atoms. The summed E-state index contributed by atoms with van der Waals surface area (Å²) in [5, 5.41) is 3.09. The first-order valence-corrected chi connectivity index (χ1v) is 9.95. The summed E-state index contributed by atoms with van der Waals surface area (Å²) in [6.07, 6.45) is 0. The molecule has 7 nitrogen and oxygen atoms in total. The first-order chi connectivity index (χ1) is 12.4. The van der Waals surface area contributed by atoms with Gasteiger partial charge in [0.05, 0.1) is 0 Å². The molecule has 9 heteroatoms. The van der Waals surface area contributed by atoms with Gasteiger partial charge in [0.1, 0.15) is 16.5 Å². The zero-order valence-electron chi connectivity index (χ0n) is 14.8. The third-order valence-electron chi connectivity index (χ3n) is 4.19. The number of sulfonamides is 1. The van der Waals surface area contributed by atoms with Gasteiger partial charge in [0.2, 0.25) is 16.0 Å². The first kappa shape index (κ1) is 18.5. The largest absolute Gasteiger partial charge is 0.354 e. The van der Waals surface area contributed by atoms with E-state index in [0.717, 1.165) is 24.1 Å². The molecule has 0 aliphatic carbocycles. The fourth-order valence-electron chi connectivity index (χ4n) is 2.90. The number of nitrogens with one attached hydrogen (secondary N) is 1. The highest BCUT2D eigenvalue weighted by atomic mass is 32.2. The average Bonchev–Trinajstić information content (AvgIpc) is 2.62. The lowest BCUT2D eigenvalue weighted by Gasteiger charge is -2.34. The number of hydrogen-bond donors (Lipinski definition) is 1.